The van der Waals surface area contributed by atoms with Gasteiger partial charge in [-0.1, -0.05) is 30.0 Å². The van der Waals surface area contributed by atoms with Gasteiger partial charge < -0.3 is 10.6 Å². The van der Waals surface area contributed by atoms with E-state index in [1.165, 1.54) is 5.56 Å². The number of fused-ring (bicyclic) bond motifs is 1. The normalized spacial score (nSPS) is 21.9. The molecule has 0 spiro atoms. The van der Waals surface area contributed by atoms with Crippen LogP contribution in [0.15, 0.2) is 24.3 Å². The van der Waals surface area contributed by atoms with Gasteiger partial charge in [0.1, 0.15) is 0 Å². The zero-order valence-corrected chi connectivity index (χ0v) is 12.2. The lowest BCUT2D eigenvalue weighted by molar-refractivity contribution is -0.130. The summed E-state index contributed by atoms with van der Waals surface area (Å²) in [4.78, 5) is 16.2. The molecule has 1 aromatic carbocycles. The molecular weight excluding hydrogens is 262 g/mol. The zero-order valence-electron chi connectivity index (χ0n) is 12.2. The van der Waals surface area contributed by atoms with Crippen molar-refractivity contribution in [1.29, 1.82) is 0 Å². The lowest BCUT2D eigenvalue weighted by Gasteiger charge is -2.37. The second-order valence-electron chi connectivity index (χ2n) is 5.68. The van der Waals surface area contributed by atoms with Crippen molar-refractivity contribution in [2.45, 2.75) is 25.4 Å². The van der Waals surface area contributed by atoms with E-state index in [-0.39, 0.29) is 0 Å². The molecule has 2 aliphatic heterocycles. The molecule has 1 unspecified atom stereocenters. The van der Waals surface area contributed by atoms with Gasteiger partial charge in [0, 0.05) is 44.2 Å². The van der Waals surface area contributed by atoms with Gasteiger partial charge in [0.05, 0.1) is 6.54 Å². The molecule has 4 heteroatoms. The smallest absolute Gasteiger partial charge is 0.222 e. The van der Waals surface area contributed by atoms with Crippen LogP contribution >= 0.6 is 0 Å². The monoisotopic (exact) mass is 283 g/mol. The highest BCUT2D eigenvalue weighted by atomic mass is 16.2. The first-order chi connectivity index (χ1) is 10.3. The number of piperazine rings is 1. The highest BCUT2D eigenvalue weighted by Crippen LogP contribution is 2.24. The van der Waals surface area contributed by atoms with Gasteiger partial charge in [0.15, 0.2) is 0 Å². The van der Waals surface area contributed by atoms with E-state index >= 15 is 0 Å². The zero-order chi connectivity index (χ0) is 14.7. The molecule has 110 valence electrons. The van der Waals surface area contributed by atoms with Crippen molar-refractivity contribution in [2.24, 2.45) is 5.73 Å². The van der Waals surface area contributed by atoms with E-state index in [0.717, 1.165) is 44.6 Å². The summed E-state index contributed by atoms with van der Waals surface area (Å²) in [5, 5.41) is 0. The SMILES string of the molecule is NCC#Cc1ccccc1CN1CCN2C(=O)CCC2C1. The number of nitrogens with two attached hydrogens (primary N) is 1. The third-order valence-corrected chi connectivity index (χ3v) is 4.32. The molecule has 0 radical (unpaired) electrons. The second kappa shape index (κ2) is 6.30. The fraction of sp³-hybridized carbons (Fsp3) is 0.471. The van der Waals surface area contributed by atoms with Crippen molar-refractivity contribution in [3.05, 3.63) is 35.4 Å². The molecule has 0 saturated carbocycles. The Morgan fingerprint density at radius 1 is 1.29 bits per heavy atom. The number of hydrogen-bond donors (Lipinski definition) is 1. The van der Waals surface area contributed by atoms with E-state index in [4.69, 9.17) is 5.73 Å². The summed E-state index contributed by atoms with van der Waals surface area (Å²) in [5.41, 5.74) is 7.77. The van der Waals surface area contributed by atoms with Gasteiger partial charge in [0.25, 0.3) is 0 Å². The average molecular weight is 283 g/mol. The molecule has 1 aromatic rings. The number of benzene rings is 1. The molecule has 0 aliphatic carbocycles. The predicted molar refractivity (Wildman–Crippen MR) is 82.4 cm³/mol. The minimum atomic E-state index is 0.328. The van der Waals surface area contributed by atoms with E-state index in [1.807, 2.05) is 12.1 Å². The Balaban J connectivity index is 1.69. The summed E-state index contributed by atoms with van der Waals surface area (Å²) >= 11 is 0. The fourth-order valence-electron chi connectivity index (χ4n) is 3.24. The maximum absolute atomic E-state index is 11.7. The first kappa shape index (κ1) is 14.1. The molecule has 2 saturated heterocycles. The van der Waals surface area contributed by atoms with Crippen molar-refractivity contribution >= 4 is 5.91 Å². The van der Waals surface area contributed by atoms with Gasteiger partial charge in [-0.05, 0) is 18.1 Å². The summed E-state index contributed by atoms with van der Waals surface area (Å²) in [6.45, 7) is 4.07. The van der Waals surface area contributed by atoms with Crippen LogP contribution in [0.25, 0.3) is 0 Å². The number of nitrogens with zero attached hydrogens (tertiary/aromatic N) is 2. The first-order valence-electron chi connectivity index (χ1n) is 7.56. The van der Waals surface area contributed by atoms with E-state index < -0.39 is 0 Å². The standard InChI is InChI=1S/C17H21N3O/c18-9-3-6-14-4-1-2-5-15(14)12-19-10-11-20-16(13-19)7-8-17(20)21/h1-2,4-5,16H,7-13,18H2. The van der Waals surface area contributed by atoms with Gasteiger partial charge in [-0.15, -0.1) is 0 Å². The Bertz CT molecular complexity index is 587. The number of carbonyl (C=O) groups is 1. The lowest BCUT2D eigenvalue weighted by Crippen LogP contribution is -2.51. The van der Waals surface area contributed by atoms with Crippen LogP contribution in [0.1, 0.15) is 24.0 Å². The quantitative estimate of drug-likeness (QED) is 0.817. The molecule has 2 aliphatic rings. The average Bonchev–Trinajstić information content (AvgIpc) is 2.87. The van der Waals surface area contributed by atoms with Crippen LogP contribution < -0.4 is 5.73 Å². The van der Waals surface area contributed by atoms with Gasteiger partial charge in [-0.25, -0.2) is 0 Å². The van der Waals surface area contributed by atoms with Crippen LogP contribution in [0.2, 0.25) is 0 Å². The number of amides is 1. The van der Waals surface area contributed by atoms with Gasteiger partial charge >= 0.3 is 0 Å². The van der Waals surface area contributed by atoms with E-state index in [2.05, 4.69) is 33.8 Å². The highest BCUT2D eigenvalue weighted by Gasteiger charge is 2.35. The van der Waals surface area contributed by atoms with Crippen LogP contribution in [0.5, 0.6) is 0 Å². The molecule has 1 amide bonds. The maximum atomic E-state index is 11.7. The Hall–Kier alpha value is -1.83. The summed E-state index contributed by atoms with van der Waals surface area (Å²) in [7, 11) is 0. The van der Waals surface area contributed by atoms with Crippen molar-refractivity contribution in [3.8, 4) is 11.8 Å². The molecule has 1 atom stereocenters. The van der Waals surface area contributed by atoms with Crippen molar-refractivity contribution in [2.75, 3.05) is 26.2 Å². The molecule has 2 N–H and O–H groups in total. The summed E-state index contributed by atoms with van der Waals surface area (Å²) in [6.07, 6.45) is 1.72. The van der Waals surface area contributed by atoms with E-state index in [1.54, 1.807) is 0 Å². The Labute approximate surface area is 125 Å². The molecule has 4 nitrogen and oxygen atoms in total. The number of hydrogen-bond acceptors (Lipinski definition) is 3. The largest absolute Gasteiger partial charge is 0.337 e. The highest BCUT2D eigenvalue weighted by molar-refractivity contribution is 5.78. The van der Waals surface area contributed by atoms with Crippen LogP contribution in [0, 0.1) is 11.8 Å². The molecule has 2 heterocycles. The first-order valence-corrected chi connectivity index (χ1v) is 7.56. The van der Waals surface area contributed by atoms with Gasteiger partial charge in [-0.2, -0.15) is 0 Å². The molecule has 21 heavy (non-hydrogen) atoms. The predicted octanol–water partition coefficient (Wildman–Crippen LogP) is 0.803. The summed E-state index contributed by atoms with van der Waals surface area (Å²) in [5.74, 6) is 6.41. The third-order valence-electron chi connectivity index (χ3n) is 4.32. The Kier molecular flexibility index (Phi) is 4.23. The lowest BCUT2D eigenvalue weighted by atomic mass is 10.1. The molecule has 3 rings (SSSR count). The maximum Gasteiger partial charge on any atom is 0.222 e. The number of rotatable bonds is 2. The molecule has 2 fully saturated rings. The van der Waals surface area contributed by atoms with E-state index in [9.17, 15) is 4.79 Å². The van der Waals surface area contributed by atoms with Crippen LogP contribution in [-0.4, -0.2) is 47.9 Å². The van der Waals surface area contributed by atoms with Gasteiger partial charge in [0.2, 0.25) is 5.91 Å². The molecule has 0 aromatic heterocycles. The summed E-state index contributed by atoms with van der Waals surface area (Å²) in [6, 6.07) is 8.66. The molecular formula is C17H21N3O. The van der Waals surface area contributed by atoms with Crippen molar-refractivity contribution < 1.29 is 4.79 Å². The Morgan fingerprint density at radius 2 is 2.14 bits per heavy atom. The third kappa shape index (κ3) is 3.10. The molecule has 0 bridgehead atoms. The van der Waals surface area contributed by atoms with Crippen molar-refractivity contribution in [3.63, 3.8) is 0 Å². The minimum absolute atomic E-state index is 0.328. The van der Waals surface area contributed by atoms with Crippen LogP contribution in [0.3, 0.4) is 0 Å². The number of carbonyl (C=O) groups excluding carboxylic acids is 1. The minimum Gasteiger partial charge on any atom is -0.337 e. The summed E-state index contributed by atoms with van der Waals surface area (Å²) < 4.78 is 0. The Morgan fingerprint density at radius 3 is 3.00 bits per heavy atom. The van der Waals surface area contributed by atoms with Crippen molar-refractivity contribution in [1.82, 2.24) is 9.80 Å². The van der Waals surface area contributed by atoms with E-state index in [0.29, 0.717) is 18.5 Å². The second-order valence-corrected chi connectivity index (χ2v) is 5.68. The topological polar surface area (TPSA) is 49.6 Å². The fourth-order valence-corrected chi connectivity index (χ4v) is 3.24. The van der Waals surface area contributed by atoms with Gasteiger partial charge in [-0.3, -0.25) is 9.69 Å². The van der Waals surface area contributed by atoms with Crippen LogP contribution in [0.4, 0.5) is 0 Å². The van der Waals surface area contributed by atoms with Crippen LogP contribution in [-0.2, 0) is 11.3 Å².